The maximum atomic E-state index is 9.02. The number of nitrogens with zero attached hydrogens (tertiary/aromatic N) is 3. The molecular weight excluding hydrogens is 186 g/mol. The van der Waals surface area contributed by atoms with Crippen LogP contribution >= 0.6 is 0 Å². The van der Waals surface area contributed by atoms with Gasteiger partial charge in [0.05, 0.1) is 16.8 Å². The number of hydrogen-bond acceptors (Lipinski definition) is 1. The summed E-state index contributed by atoms with van der Waals surface area (Å²) >= 11 is 0. The number of aromatic nitrogens is 1. The van der Waals surface area contributed by atoms with Gasteiger partial charge in [-0.15, -0.1) is 0 Å². The number of hydrogen-bond donors (Lipinski definition) is 0. The van der Waals surface area contributed by atoms with Gasteiger partial charge in [-0.05, 0) is 18.2 Å². The highest BCUT2D eigenvalue weighted by Gasteiger charge is 2.31. The summed E-state index contributed by atoms with van der Waals surface area (Å²) in [5, 5.41) is 0. The Morgan fingerprint density at radius 1 is 0.933 bits per heavy atom. The van der Waals surface area contributed by atoms with Crippen LogP contribution in [0, 0.1) is 0 Å². The Morgan fingerprint density at radius 3 is 2.47 bits per heavy atom. The third-order valence-corrected chi connectivity index (χ3v) is 2.60. The van der Waals surface area contributed by atoms with Gasteiger partial charge in [0.25, 0.3) is 0 Å². The molecule has 1 heterocycles. The Bertz CT molecular complexity index is 548. The maximum Gasteiger partial charge on any atom is 0.332 e. The minimum atomic E-state index is 0.605. The monoisotopic (exact) mass is 193 g/mol. The molecule has 1 aliphatic rings. The lowest BCUT2D eigenvalue weighted by Gasteiger charge is -1.94. The zero-order valence-corrected chi connectivity index (χ0v) is 7.88. The predicted octanol–water partition coefficient (Wildman–Crippen LogP) is 2.13. The van der Waals surface area contributed by atoms with E-state index in [4.69, 9.17) is 5.53 Å². The van der Waals surface area contributed by atoms with Crippen LogP contribution in [0.15, 0.2) is 42.6 Å². The molecule has 3 heteroatoms. The molecule has 1 aromatic carbocycles. The minimum absolute atomic E-state index is 0.605. The first-order valence-electron chi connectivity index (χ1n) is 4.69. The van der Waals surface area contributed by atoms with Gasteiger partial charge < -0.3 is 5.53 Å². The second kappa shape index (κ2) is 2.87. The lowest BCUT2D eigenvalue weighted by Crippen LogP contribution is -1.98. The van der Waals surface area contributed by atoms with Gasteiger partial charge >= 0.3 is 5.71 Å². The molecule has 70 valence electrons. The van der Waals surface area contributed by atoms with Crippen LogP contribution in [0.1, 0.15) is 11.1 Å². The van der Waals surface area contributed by atoms with Crippen LogP contribution in [0.5, 0.6) is 0 Å². The summed E-state index contributed by atoms with van der Waals surface area (Å²) in [4.78, 5) is 7.65. The van der Waals surface area contributed by atoms with Crippen molar-refractivity contribution in [2.24, 2.45) is 0 Å². The molecule has 0 N–H and O–H groups in total. The van der Waals surface area contributed by atoms with E-state index in [0.29, 0.717) is 5.71 Å². The lowest BCUT2D eigenvalue weighted by molar-refractivity contribution is -0.00244. The van der Waals surface area contributed by atoms with Crippen molar-refractivity contribution < 1.29 is 4.79 Å². The van der Waals surface area contributed by atoms with E-state index in [1.54, 1.807) is 6.20 Å². The van der Waals surface area contributed by atoms with Crippen LogP contribution in [0.2, 0.25) is 0 Å². The van der Waals surface area contributed by atoms with Crippen LogP contribution in [-0.2, 0) is 0 Å². The smallest absolute Gasteiger partial charge is 0.332 e. The highest BCUT2D eigenvalue weighted by atomic mass is 14.9. The van der Waals surface area contributed by atoms with Gasteiger partial charge in [0.15, 0.2) is 0 Å². The molecule has 1 aromatic heterocycles. The summed E-state index contributed by atoms with van der Waals surface area (Å²) in [5.41, 5.74) is 13.4. The highest BCUT2D eigenvalue weighted by molar-refractivity contribution is 6.20. The van der Waals surface area contributed by atoms with E-state index in [9.17, 15) is 0 Å². The van der Waals surface area contributed by atoms with Crippen molar-refractivity contribution in [2.45, 2.75) is 0 Å². The number of benzene rings is 1. The normalized spacial score (nSPS) is 11.9. The maximum absolute atomic E-state index is 9.02. The first-order valence-corrected chi connectivity index (χ1v) is 4.69. The van der Waals surface area contributed by atoms with Crippen LogP contribution in [0.25, 0.3) is 16.8 Å². The minimum Gasteiger partial charge on any atom is -0.361 e. The third-order valence-electron chi connectivity index (χ3n) is 2.60. The van der Waals surface area contributed by atoms with Gasteiger partial charge in [0.1, 0.15) is 0 Å². The van der Waals surface area contributed by atoms with E-state index >= 15 is 0 Å². The Hall–Kier alpha value is -2.25. The molecular formula is C12H7N3. The van der Waals surface area contributed by atoms with Crippen molar-refractivity contribution in [1.29, 1.82) is 0 Å². The third kappa shape index (κ3) is 0.981. The van der Waals surface area contributed by atoms with Gasteiger partial charge in [-0.2, -0.15) is 4.79 Å². The molecule has 0 fully saturated rings. The second-order valence-corrected chi connectivity index (χ2v) is 3.39. The van der Waals surface area contributed by atoms with Crippen LogP contribution in [0.3, 0.4) is 0 Å². The largest absolute Gasteiger partial charge is 0.361 e. The fraction of sp³-hybridized carbons (Fsp3) is 0. The molecule has 0 atom stereocenters. The summed E-state index contributed by atoms with van der Waals surface area (Å²) < 4.78 is 0. The van der Waals surface area contributed by atoms with Gasteiger partial charge in [0, 0.05) is 11.8 Å². The van der Waals surface area contributed by atoms with E-state index in [1.165, 1.54) is 0 Å². The molecule has 0 unspecified atom stereocenters. The topological polar surface area (TPSA) is 49.3 Å². The Morgan fingerprint density at radius 2 is 1.67 bits per heavy atom. The average molecular weight is 193 g/mol. The van der Waals surface area contributed by atoms with Crippen molar-refractivity contribution >= 4 is 5.71 Å². The summed E-state index contributed by atoms with van der Waals surface area (Å²) in [6.45, 7) is 0. The SMILES string of the molecule is [N-]=[N+]=C1c2ccccc2-c2ncccc21. The van der Waals surface area contributed by atoms with Gasteiger partial charge in [0.2, 0.25) is 0 Å². The zero-order valence-electron chi connectivity index (χ0n) is 7.88. The molecule has 0 saturated heterocycles. The molecule has 0 bridgehead atoms. The first kappa shape index (κ1) is 8.09. The molecule has 0 radical (unpaired) electrons. The molecule has 2 aromatic rings. The van der Waals surface area contributed by atoms with Gasteiger partial charge in [-0.25, -0.2) is 0 Å². The Labute approximate surface area is 86.6 Å². The van der Waals surface area contributed by atoms with Gasteiger partial charge in [-0.3, -0.25) is 4.98 Å². The van der Waals surface area contributed by atoms with Gasteiger partial charge in [-0.1, -0.05) is 18.2 Å². The molecule has 3 nitrogen and oxygen atoms in total. The van der Waals surface area contributed by atoms with Crippen molar-refractivity contribution in [1.82, 2.24) is 4.98 Å². The fourth-order valence-electron chi connectivity index (χ4n) is 1.96. The summed E-state index contributed by atoms with van der Waals surface area (Å²) in [6.07, 6.45) is 1.75. The second-order valence-electron chi connectivity index (χ2n) is 3.39. The standard InChI is InChI=1S/C12H7N3/c13-15-12-9-5-2-1-4-8(9)11-10(12)6-3-7-14-11/h1-7H. The van der Waals surface area contributed by atoms with Crippen molar-refractivity contribution in [2.75, 3.05) is 0 Å². The lowest BCUT2D eigenvalue weighted by atomic mass is 10.1. The highest BCUT2D eigenvalue weighted by Crippen LogP contribution is 2.33. The summed E-state index contributed by atoms with van der Waals surface area (Å²) in [7, 11) is 0. The van der Waals surface area contributed by atoms with Crippen molar-refractivity contribution in [3.8, 4) is 11.3 Å². The van der Waals surface area contributed by atoms with E-state index in [-0.39, 0.29) is 0 Å². The van der Waals surface area contributed by atoms with E-state index in [1.807, 2.05) is 36.4 Å². The molecule has 0 saturated carbocycles. The zero-order chi connectivity index (χ0) is 10.3. The molecule has 1 aliphatic carbocycles. The Balaban J connectivity index is 2.47. The molecule has 15 heavy (non-hydrogen) atoms. The van der Waals surface area contributed by atoms with Crippen molar-refractivity contribution in [3.05, 3.63) is 59.3 Å². The summed E-state index contributed by atoms with van der Waals surface area (Å²) in [5.74, 6) is 0. The van der Waals surface area contributed by atoms with Crippen LogP contribution in [0.4, 0.5) is 0 Å². The first-order chi connectivity index (χ1) is 7.42. The molecule has 3 rings (SSSR count). The van der Waals surface area contributed by atoms with Crippen LogP contribution in [-0.4, -0.2) is 15.5 Å². The van der Waals surface area contributed by atoms with E-state index < -0.39 is 0 Å². The van der Waals surface area contributed by atoms with Crippen LogP contribution < -0.4 is 0 Å². The fourth-order valence-corrected chi connectivity index (χ4v) is 1.96. The van der Waals surface area contributed by atoms with E-state index in [0.717, 1.165) is 22.4 Å². The summed E-state index contributed by atoms with van der Waals surface area (Å²) in [6, 6.07) is 11.6. The number of fused-ring (bicyclic) bond motifs is 3. The Kier molecular flexibility index (Phi) is 1.55. The number of rotatable bonds is 0. The van der Waals surface area contributed by atoms with E-state index in [2.05, 4.69) is 9.77 Å². The predicted molar refractivity (Wildman–Crippen MR) is 56.5 cm³/mol. The molecule has 0 spiro atoms. The molecule has 0 aliphatic heterocycles. The molecule has 0 amide bonds. The quantitative estimate of drug-likeness (QED) is 0.398. The number of pyridine rings is 1. The van der Waals surface area contributed by atoms with Crippen molar-refractivity contribution in [3.63, 3.8) is 0 Å². The average Bonchev–Trinajstić information content (AvgIpc) is 2.63.